The fourth-order valence-corrected chi connectivity index (χ4v) is 5.14. The second kappa shape index (κ2) is 6.21. The molecule has 8 heteroatoms. The van der Waals surface area contributed by atoms with E-state index in [0.29, 0.717) is 13.0 Å². The highest BCUT2D eigenvalue weighted by Crippen LogP contribution is 2.29. The van der Waals surface area contributed by atoms with E-state index >= 15 is 0 Å². The predicted octanol–water partition coefficient (Wildman–Crippen LogP) is 0.928. The molecule has 6 nitrogen and oxygen atoms in total. The van der Waals surface area contributed by atoms with Crippen LogP contribution in [-0.2, 0) is 14.8 Å². The zero-order valence-corrected chi connectivity index (χ0v) is 12.7. The SMILES string of the molecule is COC(=O)c1sccc1S(=O)(=O)N1CCCC(CO)C1. The lowest BCUT2D eigenvalue weighted by Gasteiger charge is -2.30. The maximum Gasteiger partial charge on any atom is 0.349 e. The highest BCUT2D eigenvalue weighted by atomic mass is 32.2. The molecular weight excluding hydrogens is 302 g/mol. The summed E-state index contributed by atoms with van der Waals surface area (Å²) >= 11 is 1.05. The van der Waals surface area contributed by atoms with Crippen molar-refractivity contribution in [1.82, 2.24) is 4.31 Å². The van der Waals surface area contributed by atoms with Crippen LogP contribution in [0.25, 0.3) is 0 Å². The standard InChI is InChI=1S/C12H17NO5S2/c1-18-12(15)11-10(4-6-19-11)20(16,17)13-5-2-3-9(7-13)8-14/h4,6,9,14H,2-3,5,7-8H2,1H3. The third kappa shape index (κ3) is 2.88. The number of carbonyl (C=O) groups is 1. The van der Waals surface area contributed by atoms with E-state index in [0.717, 1.165) is 17.8 Å². The minimum Gasteiger partial charge on any atom is -0.465 e. The van der Waals surface area contributed by atoms with Gasteiger partial charge in [0.15, 0.2) is 0 Å². The van der Waals surface area contributed by atoms with Gasteiger partial charge < -0.3 is 9.84 Å². The first kappa shape index (κ1) is 15.4. The smallest absolute Gasteiger partial charge is 0.349 e. The fraction of sp³-hybridized carbons (Fsp3) is 0.583. The van der Waals surface area contributed by atoms with Crippen molar-refractivity contribution in [2.24, 2.45) is 5.92 Å². The molecule has 1 saturated heterocycles. The Balaban J connectivity index is 2.31. The number of sulfonamides is 1. The van der Waals surface area contributed by atoms with E-state index in [1.165, 1.54) is 17.5 Å². The van der Waals surface area contributed by atoms with Crippen molar-refractivity contribution in [2.75, 3.05) is 26.8 Å². The van der Waals surface area contributed by atoms with Crippen LogP contribution in [0.1, 0.15) is 22.5 Å². The van der Waals surface area contributed by atoms with Gasteiger partial charge in [-0.05, 0) is 30.2 Å². The van der Waals surface area contributed by atoms with E-state index in [2.05, 4.69) is 4.74 Å². The van der Waals surface area contributed by atoms with Crippen LogP contribution < -0.4 is 0 Å². The monoisotopic (exact) mass is 319 g/mol. The molecular formula is C12H17NO5S2. The second-order valence-corrected chi connectivity index (χ2v) is 7.48. The molecule has 1 unspecified atom stereocenters. The zero-order valence-electron chi connectivity index (χ0n) is 11.1. The average molecular weight is 319 g/mol. The molecule has 0 amide bonds. The predicted molar refractivity (Wildman–Crippen MR) is 74.2 cm³/mol. The van der Waals surface area contributed by atoms with Gasteiger partial charge in [0.05, 0.1) is 7.11 Å². The van der Waals surface area contributed by atoms with E-state index in [1.54, 1.807) is 5.38 Å². The molecule has 0 bridgehead atoms. The number of piperidine rings is 1. The normalized spacial score (nSPS) is 20.8. The number of aliphatic hydroxyl groups excluding tert-OH is 1. The minimum absolute atomic E-state index is 0.00654. The lowest BCUT2D eigenvalue weighted by atomic mass is 10.0. The quantitative estimate of drug-likeness (QED) is 0.835. The lowest BCUT2D eigenvalue weighted by molar-refractivity contribution is 0.0602. The van der Waals surface area contributed by atoms with Gasteiger partial charge in [0.1, 0.15) is 9.77 Å². The Morgan fingerprint density at radius 3 is 3.00 bits per heavy atom. The van der Waals surface area contributed by atoms with Gasteiger partial charge in [-0.3, -0.25) is 0 Å². The first-order valence-corrected chi connectivity index (χ1v) is 8.59. The molecule has 1 atom stereocenters. The van der Waals surface area contributed by atoms with Crippen LogP contribution >= 0.6 is 11.3 Å². The van der Waals surface area contributed by atoms with Crippen LogP contribution in [0, 0.1) is 5.92 Å². The van der Waals surface area contributed by atoms with Crippen molar-refractivity contribution >= 4 is 27.3 Å². The Morgan fingerprint density at radius 2 is 2.35 bits per heavy atom. The van der Waals surface area contributed by atoms with Gasteiger partial charge in [-0.15, -0.1) is 11.3 Å². The van der Waals surface area contributed by atoms with Gasteiger partial charge >= 0.3 is 5.97 Å². The van der Waals surface area contributed by atoms with Crippen LogP contribution in [0.2, 0.25) is 0 Å². The summed E-state index contributed by atoms with van der Waals surface area (Å²) in [6.07, 6.45) is 1.53. The number of hydrogen-bond acceptors (Lipinski definition) is 6. The van der Waals surface area contributed by atoms with Crippen molar-refractivity contribution < 1.29 is 23.1 Å². The number of aliphatic hydroxyl groups is 1. The minimum atomic E-state index is -3.72. The van der Waals surface area contributed by atoms with E-state index in [4.69, 9.17) is 0 Å². The van der Waals surface area contributed by atoms with Gasteiger partial charge in [0, 0.05) is 19.7 Å². The van der Waals surface area contributed by atoms with E-state index < -0.39 is 16.0 Å². The Bertz CT molecular complexity index is 580. The molecule has 1 aliphatic heterocycles. The number of ether oxygens (including phenoxy) is 1. The zero-order chi connectivity index (χ0) is 14.8. The Kier molecular flexibility index (Phi) is 4.79. The molecule has 2 heterocycles. The molecule has 0 aromatic carbocycles. The lowest BCUT2D eigenvalue weighted by Crippen LogP contribution is -2.41. The molecule has 2 rings (SSSR count). The number of nitrogens with zero attached hydrogens (tertiary/aromatic N) is 1. The number of thiophene rings is 1. The molecule has 1 aromatic rings. The highest BCUT2D eigenvalue weighted by Gasteiger charge is 2.33. The summed E-state index contributed by atoms with van der Waals surface area (Å²) in [6.45, 7) is 0.671. The number of carbonyl (C=O) groups excluding carboxylic acids is 1. The van der Waals surface area contributed by atoms with Crippen molar-refractivity contribution in [3.05, 3.63) is 16.3 Å². The van der Waals surface area contributed by atoms with Gasteiger partial charge in [-0.1, -0.05) is 0 Å². The molecule has 1 fully saturated rings. The average Bonchev–Trinajstić information content (AvgIpc) is 2.96. The molecule has 0 saturated carbocycles. The first-order chi connectivity index (χ1) is 9.50. The van der Waals surface area contributed by atoms with Gasteiger partial charge in [-0.25, -0.2) is 13.2 Å². The number of hydrogen-bond donors (Lipinski definition) is 1. The molecule has 1 aliphatic rings. The van der Waals surface area contributed by atoms with Gasteiger partial charge in [0.2, 0.25) is 10.0 Å². The maximum atomic E-state index is 12.6. The van der Waals surface area contributed by atoms with Crippen molar-refractivity contribution in [1.29, 1.82) is 0 Å². The van der Waals surface area contributed by atoms with Gasteiger partial charge in [0.25, 0.3) is 0 Å². The summed E-state index contributed by atoms with van der Waals surface area (Å²) < 4.78 is 31.1. The highest BCUT2D eigenvalue weighted by molar-refractivity contribution is 7.89. The molecule has 1 N–H and O–H groups in total. The van der Waals surface area contributed by atoms with Crippen LogP contribution in [0.4, 0.5) is 0 Å². The third-order valence-corrected chi connectivity index (χ3v) is 6.29. The van der Waals surface area contributed by atoms with Crippen LogP contribution in [0.15, 0.2) is 16.3 Å². The van der Waals surface area contributed by atoms with E-state index in [-0.39, 0.29) is 28.8 Å². The van der Waals surface area contributed by atoms with Crippen LogP contribution in [0.3, 0.4) is 0 Å². The number of rotatable bonds is 4. The Labute approximate surface area is 122 Å². The molecule has 0 spiro atoms. The summed E-state index contributed by atoms with van der Waals surface area (Å²) in [4.78, 5) is 11.7. The summed E-state index contributed by atoms with van der Waals surface area (Å²) in [5.41, 5.74) is 0. The molecule has 20 heavy (non-hydrogen) atoms. The van der Waals surface area contributed by atoms with E-state index in [9.17, 15) is 18.3 Å². The summed E-state index contributed by atoms with van der Waals surface area (Å²) in [7, 11) is -2.49. The molecule has 112 valence electrons. The molecule has 0 aliphatic carbocycles. The fourth-order valence-electron chi connectivity index (χ4n) is 2.28. The van der Waals surface area contributed by atoms with E-state index in [1.807, 2.05) is 0 Å². The topological polar surface area (TPSA) is 83.9 Å². The van der Waals surface area contributed by atoms with Crippen molar-refractivity contribution in [3.8, 4) is 0 Å². The summed E-state index contributed by atoms with van der Waals surface area (Å²) in [6, 6.07) is 1.43. The van der Waals surface area contributed by atoms with Crippen molar-refractivity contribution in [3.63, 3.8) is 0 Å². The largest absolute Gasteiger partial charge is 0.465 e. The summed E-state index contributed by atoms with van der Waals surface area (Å²) in [5.74, 6) is -0.687. The third-order valence-electron chi connectivity index (χ3n) is 3.36. The van der Waals surface area contributed by atoms with Gasteiger partial charge in [-0.2, -0.15) is 4.31 Å². The Morgan fingerprint density at radius 1 is 1.60 bits per heavy atom. The second-order valence-electron chi connectivity index (χ2n) is 4.66. The summed E-state index contributed by atoms with van der Waals surface area (Å²) in [5, 5.41) is 10.8. The number of esters is 1. The van der Waals surface area contributed by atoms with Crippen LogP contribution in [0.5, 0.6) is 0 Å². The maximum absolute atomic E-state index is 12.6. The van der Waals surface area contributed by atoms with Crippen LogP contribution in [-0.4, -0.2) is 50.6 Å². The van der Waals surface area contributed by atoms with Crippen molar-refractivity contribution in [2.45, 2.75) is 17.7 Å². The Hall–Kier alpha value is -0.960. The molecule has 1 aromatic heterocycles. The number of methoxy groups -OCH3 is 1. The molecule has 0 radical (unpaired) electrons. The first-order valence-electron chi connectivity index (χ1n) is 6.27.